The molecule has 0 fully saturated rings. The Labute approximate surface area is 556 Å². The largest absolute Gasteiger partial charge is 0.497 e. The molecule has 512 valence electrons. The Morgan fingerprint density at radius 2 is 0.802 bits per heavy atom. The van der Waals surface area contributed by atoms with Crippen LogP contribution in [-0.2, 0) is 77.6 Å². The van der Waals surface area contributed by atoms with E-state index < -0.39 is 5.91 Å². The van der Waals surface area contributed by atoms with Crippen molar-refractivity contribution in [1.82, 2.24) is 0 Å². The van der Waals surface area contributed by atoms with E-state index in [4.69, 9.17) is 9.47 Å². The highest BCUT2D eigenvalue weighted by Gasteiger charge is 2.37. The van der Waals surface area contributed by atoms with Crippen LogP contribution >= 0.6 is 0 Å². The molecule has 91 heavy (non-hydrogen) atoms. The number of methoxy groups -OCH3 is 6. The van der Waals surface area contributed by atoms with Crippen molar-refractivity contribution in [3.8, 4) is 5.75 Å². The van der Waals surface area contributed by atoms with E-state index in [2.05, 4.69) is 275 Å². The number of ether oxygens (including phenoxy) is 6. The monoisotopic (exact) mass is 1260 g/mol. The normalized spacial score (nSPS) is 13.2. The van der Waals surface area contributed by atoms with Crippen molar-refractivity contribution in [2.75, 3.05) is 74.6 Å². The third kappa shape index (κ3) is 31.3. The molecule has 10 heteroatoms. The molecule has 0 spiro atoms. The Morgan fingerprint density at radius 1 is 0.440 bits per heavy atom. The third-order valence-electron chi connectivity index (χ3n) is 15.2. The minimum Gasteiger partial charge on any atom is -0.497 e. The molecule has 1 atom stereocenters. The van der Waals surface area contributed by atoms with E-state index >= 15 is 0 Å². The van der Waals surface area contributed by atoms with Gasteiger partial charge in [0.25, 0.3) is 5.91 Å². The quantitative estimate of drug-likeness (QED) is 0.0532. The Balaban J connectivity index is 0.00000109. The van der Waals surface area contributed by atoms with E-state index in [-0.39, 0.29) is 61.5 Å². The molecule has 5 aromatic carbocycles. The molecule has 1 aliphatic rings. The molecule has 1 aliphatic carbocycles. The van der Waals surface area contributed by atoms with Gasteiger partial charge in [0.2, 0.25) is 5.78 Å². The number of benzene rings is 5. The summed E-state index contributed by atoms with van der Waals surface area (Å²) >= 11 is 0. The molecule has 1 unspecified atom stereocenters. The summed E-state index contributed by atoms with van der Waals surface area (Å²) in [6.45, 7) is 58.3. The second kappa shape index (κ2) is 38.6. The summed E-state index contributed by atoms with van der Waals surface area (Å²) in [5.41, 5.74) is 15.9. The molecule has 5 aromatic rings. The zero-order valence-electron chi connectivity index (χ0n) is 63.3. The Kier molecular flexibility index (Phi) is 36.3. The van der Waals surface area contributed by atoms with Crippen LogP contribution < -0.4 is 10.1 Å². The molecule has 0 saturated heterocycles. The maximum absolute atomic E-state index is 12.1. The van der Waals surface area contributed by atoms with Gasteiger partial charge in [-0.3, -0.25) is 14.4 Å². The number of aryl methyl sites for hydroxylation is 1. The molecule has 0 heterocycles. The molecule has 0 bridgehead atoms. The van der Waals surface area contributed by atoms with Gasteiger partial charge in [0.05, 0.1) is 20.3 Å². The van der Waals surface area contributed by atoms with Gasteiger partial charge in [-0.15, -0.1) is 0 Å². The van der Waals surface area contributed by atoms with E-state index in [0.717, 1.165) is 18.5 Å². The molecule has 10 nitrogen and oxygen atoms in total. The van der Waals surface area contributed by atoms with Crippen molar-refractivity contribution >= 4 is 23.2 Å². The molecule has 6 rings (SSSR count). The standard InChI is InChI=1S/C22H33NO2.3C14H22.C10H12O3.C4H10O2.C3H8O2/c1-8-9-18(24)20(25)23-15-12-14-10-11-16(21(2,3)4)19(14)17(13-15)22(5,6)7;3*1-13(2,3)11-9-7-8-10-12(11)14(4,5)6;1-12-7-10(11)8-4-3-5-9(6-8)13-2;1-5-3-4-6-2;1-4-3-5-2/h12-13,16H,8-11H2,1-7H3,(H,23,25);3*7-10H,1-6H3;3-6H,7H2,1-2H3;3-4H2,1-2H3;3H2,1-2H3. The van der Waals surface area contributed by atoms with Crippen molar-refractivity contribution in [2.45, 2.75) is 243 Å². The number of ketones is 2. The van der Waals surface area contributed by atoms with Gasteiger partial charge in [0, 0.05) is 53.2 Å². The highest BCUT2D eigenvalue weighted by Crippen LogP contribution is 2.49. The van der Waals surface area contributed by atoms with Crippen LogP contribution in [0.3, 0.4) is 0 Å². The summed E-state index contributed by atoms with van der Waals surface area (Å²) in [5, 5.41) is 2.83. The first kappa shape index (κ1) is 85.5. The fourth-order valence-electron chi connectivity index (χ4n) is 10.5. The Hall–Kier alpha value is -5.49. The number of nitrogens with one attached hydrogen (secondary N) is 1. The van der Waals surface area contributed by atoms with Crippen molar-refractivity contribution in [2.24, 2.45) is 5.41 Å². The predicted molar refractivity (Wildman–Crippen MR) is 388 cm³/mol. The molecule has 0 saturated carbocycles. The molecule has 1 amide bonds. The van der Waals surface area contributed by atoms with Gasteiger partial charge >= 0.3 is 0 Å². The van der Waals surface area contributed by atoms with Crippen molar-refractivity contribution in [3.05, 3.63) is 165 Å². The molecular formula is C81H129NO9. The molecule has 0 aromatic heterocycles. The lowest BCUT2D eigenvalue weighted by Crippen LogP contribution is -2.24. The summed E-state index contributed by atoms with van der Waals surface area (Å²) < 4.78 is 28.0. The second-order valence-corrected chi connectivity index (χ2v) is 31.8. The van der Waals surface area contributed by atoms with E-state index in [1.165, 1.54) is 57.2 Å². The number of Topliss-reactive ketones (excluding diaryl/α,β-unsaturated/α-hetero) is 2. The van der Waals surface area contributed by atoms with Crippen LogP contribution in [0.1, 0.15) is 259 Å². The van der Waals surface area contributed by atoms with Crippen molar-refractivity contribution < 1.29 is 42.8 Å². The fraction of sp³-hybridized carbons (Fsp3) is 0.593. The number of hydrogen-bond donors (Lipinski definition) is 1. The minimum atomic E-state index is -0.493. The lowest BCUT2D eigenvalue weighted by Gasteiger charge is -2.33. The van der Waals surface area contributed by atoms with Crippen LogP contribution in [0, 0.1) is 5.41 Å². The number of hydrogen-bond acceptors (Lipinski definition) is 9. The average molecular weight is 1260 g/mol. The fourth-order valence-corrected chi connectivity index (χ4v) is 10.5. The summed E-state index contributed by atoms with van der Waals surface area (Å²) in [6, 6.07) is 37.5. The number of rotatable bonds is 13. The van der Waals surface area contributed by atoms with Crippen LogP contribution in [0.5, 0.6) is 5.75 Å². The average Bonchev–Trinajstić information content (AvgIpc) is 1.77. The van der Waals surface area contributed by atoms with Crippen molar-refractivity contribution in [3.63, 3.8) is 0 Å². The van der Waals surface area contributed by atoms with E-state index in [9.17, 15) is 14.4 Å². The molecule has 0 aliphatic heterocycles. The number of anilines is 1. The van der Waals surface area contributed by atoms with Crippen molar-refractivity contribution in [1.29, 1.82) is 0 Å². The maximum Gasteiger partial charge on any atom is 0.291 e. The SMILES string of the molecule is CC(C)(C)c1ccccc1C(C)(C)C.CC(C)(C)c1ccccc1C(C)(C)C.CC(C)(C)c1ccccc1C(C)(C)C.CCCC(=O)C(=O)Nc1cc2c(c(C(C)(C)C)c1)C(C(C)(C)C)CC2.COCC(=O)c1cccc(OC)c1.COCCOC.COCOC. The zero-order valence-corrected chi connectivity index (χ0v) is 63.3. The van der Waals surface area contributed by atoms with Gasteiger partial charge in [0.15, 0.2) is 5.78 Å². The van der Waals surface area contributed by atoms with Crippen LogP contribution in [-0.4, -0.2) is 86.7 Å². The lowest BCUT2D eigenvalue weighted by atomic mass is 9.72. The number of carbonyl (C=O) groups excluding carboxylic acids is 3. The van der Waals surface area contributed by atoms with Gasteiger partial charge in [-0.05, 0) is 143 Å². The molecule has 0 radical (unpaired) electrons. The Morgan fingerprint density at radius 3 is 1.08 bits per heavy atom. The predicted octanol–water partition coefficient (Wildman–Crippen LogP) is 20.3. The summed E-state index contributed by atoms with van der Waals surface area (Å²) in [4.78, 5) is 35.3. The highest BCUT2D eigenvalue weighted by atomic mass is 16.6. The minimum absolute atomic E-state index is 0.00785. The van der Waals surface area contributed by atoms with E-state index in [1.54, 1.807) is 59.8 Å². The first-order valence-electron chi connectivity index (χ1n) is 32.7. The summed E-state index contributed by atoms with van der Waals surface area (Å²) in [5.74, 6) is 0.339. The number of carbonyl (C=O) groups is 3. The topological polar surface area (TPSA) is 119 Å². The van der Waals surface area contributed by atoms with Gasteiger partial charge in [-0.1, -0.05) is 258 Å². The number of amides is 1. The van der Waals surface area contributed by atoms with Crippen LogP contribution in [0.2, 0.25) is 0 Å². The molecule has 1 N–H and O–H groups in total. The first-order valence-corrected chi connectivity index (χ1v) is 32.7. The highest BCUT2D eigenvalue weighted by molar-refractivity contribution is 6.40. The van der Waals surface area contributed by atoms with Gasteiger partial charge in [-0.25, -0.2) is 0 Å². The van der Waals surface area contributed by atoms with Gasteiger partial charge in [-0.2, -0.15) is 0 Å². The first-order chi connectivity index (χ1) is 41.7. The summed E-state index contributed by atoms with van der Waals surface area (Å²) in [7, 11) is 9.54. The van der Waals surface area contributed by atoms with Gasteiger partial charge in [0.1, 0.15) is 19.1 Å². The van der Waals surface area contributed by atoms with E-state index in [1.807, 2.05) is 6.92 Å². The van der Waals surface area contributed by atoms with Crippen LogP contribution in [0.15, 0.2) is 109 Å². The summed E-state index contributed by atoms with van der Waals surface area (Å²) in [6.07, 6.45) is 3.17. The third-order valence-corrected chi connectivity index (χ3v) is 15.2. The lowest BCUT2D eigenvalue weighted by molar-refractivity contribution is -0.134. The van der Waals surface area contributed by atoms with Crippen LogP contribution in [0.4, 0.5) is 5.69 Å². The Bertz CT molecular complexity index is 2650. The molecular weight excluding hydrogens is 1130 g/mol. The zero-order chi connectivity index (χ0) is 70.6. The second-order valence-electron chi connectivity index (χ2n) is 31.8. The van der Waals surface area contributed by atoms with Crippen LogP contribution in [0.25, 0.3) is 0 Å². The smallest absolute Gasteiger partial charge is 0.291 e. The maximum atomic E-state index is 12.1. The number of fused-ring (bicyclic) bond motifs is 1. The van der Waals surface area contributed by atoms with E-state index in [0.29, 0.717) is 50.1 Å². The van der Waals surface area contributed by atoms with Gasteiger partial charge < -0.3 is 33.7 Å².